The van der Waals surface area contributed by atoms with Crippen LogP contribution in [-0.2, 0) is 0 Å². The molecule has 0 amide bonds. The normalized spacial score (nSPS) is 19.9. The summed E-state index contributed by atoms with van der Waals surface area (Å²) in [6, 6.07) is 8.27. The van der Waals surface area contributed by atoms with E-state index in [0.717, 1.165) is 23.3 Å². The van der Waals surface area contributed by atoms with Crippen LogP contribution in [0.2, 0.25) is 0 Å². The van der Waals surface area contributed by atoms with Crippen LogP contribution in [0.4, 0.5) is 0 Å². The molecule has 2 nitrogen and oxygen atoms in total. The van der Waals surface area contributed by atoms with Crippen molar-refractivity contribution in [2.45, 2.75) is 18.8 Å². The highest BCUT2D eigenvalue weighted by Gasteiger charge is 2.19. The first-order valence-electron chi connectivity index (χ1n) is 6.25. The van der Waals surface area contributed by atoms with Gasteiger partial charge in [-0.2, -0.15) is 0 Å². The first-order valence-corrected chi connectivity index (χ1v) is 7.93. The zero-order valence-electron chi connectivity index (χ0n) is 10.0. The molecule has 18 heavy (non-hydrogen) atoms. The van der Waals surface area contributed by atoms with Crippen molar-refractivity contribution in [3.63, 3.8) is 0 Å². The van der Waals surface area contributed by atoms with Gasteiger partial charge in [-0.05, 0) is 25.5 Å². The summed E-state index contributed by atoms with van der Waals surface area (Å²) in [5, 5.41) is 6.89. The van der Waals surface area contributed by atoms with E-state index in [0.29, 0.717) is 5.92 Å². The van der Waals surface area contributed by atoms with Crippen molar-refractivity contribution in [1.29, 1.82) is 0 Å². The molecule has 1 fully saturated rings. The first kappa shape index (κ1) is 12.3. The largest absolute Gasteiger partial charge is 0.316 e. The van der Waals surface area contributed by atoms with Crippen LogP contribution in [0.3, 0.4) is 0 Å². The second kappa shape index (κ2) is 5.51. The highest BCUT2D eigenvalue weighted by molar-refractivity contribution is 9.10. The Bertz CT molecular complexity index is 532. The molecule has 0 bridgehead atoms. The molecular formula is C14H15BrN2S. The Labute approximate surface area is 120 Å². The number of nitrogens with one attached hydrogen (secondary N) is 1. The molecule has 2 heterocycles. The summed E-state index contributed by atoms with van der Waals surface area (Å²) >= 11 is 5.38. The van der Waals surface area contributed by atoms with Gasteiger partial charge in [0.2, 0.25) is 0 Å². The van der Waals surface area contributed by atoms with Crippen molar-refractivity contribution in [3.8, 4) is 11.3 Å². The van der Waals surface area contributed by atoms with E-state index in [9.17, 15) is 0 Å². The van der Waals surface area contributed by atoms with E-state index in [1.165, 1.54) is 23.4 Å². The van der Waals surface area contributed by atoms with Crippen LogP contribution in [0.5, 0.6) is 0 Å². The maximum Gasteiger partial charge on any atom is 0.0976 e. The second-order valence-corrected chi connectivity index (χ2v) is 6.34. The van der Waals surface area contributed by atoms with Gasteiger partial charge in [-0.15, -0.1) is 11.3 Å². The van der Waals surface area contributed by atoms with E-state index in [-0.39, 0.29) is 0 Å². The zero-order valence-corrected chi connectivity index (χ0v) is 12.4. The summed E-state index contributed by atoms with van der Waals surface area (Å²) in [4.78, 5) is 4.81. The Morgan fingerprint density at radius 2 is 2.22 bits per heavy atom. The fourth-order valence-electron chi connectivity index (χ4n) is 2.33. The monoisotopic (exact) mass is 322 g/mol. The molecule has 1 atom stereocenters. The average Bonchev–Trinajstić information content (AvgIpc) is 2.90. The lowest BCUT2D eigenvalue weighted by molar-refractivity contribution is 0.460. The minimum Gasteiger partial charge on any atom is -0.316 e. The highest BCUT2D eigenvalue weighted by Crippen LogP contribution is 2.32. The quantitative estimate of drug-likeness (QED) is 0.902. The number of benzene rings is 1. The molecule has 3 rings (SSSR count). The van der Waals surface area contributed by atoms with Gasteiger partial charge < -0.3 is 5.32 Å². The number of rotatable bonds is 2. The summed E-state index contributed by atoms with van der Waals surface area (Å²) in [5.74, 6) is 0.597. The number of nitrogens with zero attached hydrogens (tertiary/aromatic N) is 1. The summed E-state index contributed by atoms with van der Waals surface area (Å²) in [7, 11) is 0. The summed E-state index contributed by atoms with van der Waals surface area (Å²) in [5.41, 5.74) is 2.27. The fourth-order valence-corrected chi connectivity index (χ4v) is 3.78. The molecule has 1 aromatic carbocycles. The lowest BCUT2D eigenvalue weighted by atomic mass is 10.0. The minimum atomic E-state index is 0.597. The van der Waals surface area contributed by atoms with Crippen LogP contribution in [-0.4, -0.2) is 18.1 Å². The van der Waals surface area contributed by atoms with E-state index in [1.54, 1.807) is 11.3 Å². The molecule has 1 aliphatic rings. The van der Waals surface area contributed by atoms with E-state index >= 15 is 0 Å². The fraction of sp³-hybridized carbons (Fsp3) is 0.357. The molecule has 1 saturated heterocycles. The number of aromatic nitrogens is 1. The Hall–Kier alpha value is -0.710. The molecule has 0 radical (unpaired) electrons. The van der Waals surface area contributed by atoms with E-state index < -0.39 is 0 Å². The predicted octanol–water partition coefficient (Wildman–Crippen LogP) is 4.04. The van der Waals surface area contributed by atoms with Crippen molar-refractivity contribution in [3.05, 3.63) is 39.1 Å². The molecule has 1 aliphatic heterocycles. The SMILES string of the molecule is Brc1ccccc1-c1csc(C2CCCNC2)n1. The highest BCUT2D eigenvalue weighted by atomic mass is 79.9. The molecule has 2 aromatic rings. The summed E-state index contributed by atoms with van der Waals surface area (Å²) < 4.78 is 1.11. The molecule has 0 aliphatic carbocycles. The molecule has 1 aromatic heterocycles. The van der Waals surface area contributed by atoms with Gasteiger partial charge in [0, 0.05) is 27.9 Å². The van der Waals surface area contributed by atoms with Gasteiger partial charge in [-0.3, -0.25) is 0 Å². The van der Waals surface area contributed by atoms with Gasteiger partial charge >= 0.3 is 0 Å². The van der Waals surface area contributed by atoms with Gasteiger partial charge in [0.25, 0.3) is 0 Å². The lowest BCUT2D eigenvalue weighted by Crippen LogP contribution is -2.28. The van der Waals surface area contributed by atoms with E-state index in [4.69, 9.17) is 4.98 Å². The van der Waals surface area contributed by atoms with Crippen LogP contribution >= 0.6 is 27.3 Å². The van der Waals surface area contributed by atoms with Gasteiger partial charge in [-0.1, -0.05) is 34.1 Å². The molecule has 0 spiro atoms. The van der Waals surface area contributed by atoms with E-state index in [2.05, 4.69) is 44.8 Å². The maximum atomic E-state index is 4.81. The molecule has 1 unspecified atom stereocenters. The predicted molar refractivity (Wildman–Crippen MR) is 80.1 cm³/mol. The molecule has 1 N–H and O–H groups in total. The maximum absolute atomic E-state index is 4.81. The second-order valence-electron chi connectivity index (χ2n) is 4.59. The van der Waals surface area contributed by atoms with Crippen LogP contribution in [0.15, 0.2) is 34.1 Å². The van der Waals surface area contributed by atoms with Gasteiger partial charge in [0.05, 0.1) is 10.7 Å². The number of thiazole rings is 1. The van der Waals surface area contributed by atoms with Gasteiger partial charge in [-0.25, -0.2) is 4.98 Å². The van der Waals surface area contributed by atoms with Crippen LogP contribution in [0.1, 0.15) is 23.8 Å². The van der Waals surface area contributed by atoms with Crippen molar-refractivity contribution in [1.82, 2.24) is 10.3 Å². The van der Waals surface area contributed by atoms with Crippen molar-refractivity contribution < 1.29 is 0 Å². The standard InChI is InChI=1S/C14H15BrN2S/c15-12-6-2-1-5-11(12)13-9-18-14(17-13)10-4-3-7-16-8-10/h1-2,5-6,9-10,16H,3-4,7-8H2. The van der Waals surface area contributed by atoms with Crippen LogP contribution in [0.25, 0.3) is 11.3 Å². The minimum absolute atomic E-state index is 0.597. The van der Waals surface area contributed by atoms with Gasteiger partial charge in [0.1, 0.15) is 0 Å². The number of piperidine rings is 1. The Balaban J connectivity index is 1.87. The van der Waals surface area contributed by atoms with Crippen molar-refractivity contribution >= 4 is 27.3 Å². The first-order chi connectivity index (χ1) is 8.84. The lowest BCUT2D eigenvalue weighted by Gasteiger charge is -2.20. The van der Waals surface area contributed by atoms with Crippen LogP contribution < -0.4 is 5.32 Å². The smallest absolute Gasteiger partial charge is 0.0976 e. The number of halogens is 1. The molecular weight excluding hydrogens is 308 g/mol. The van der Waals surface area contributed by atoms with Crippen LogP contribution in [0, 0.1) is 0 Å². The molecule has 0 saturated carbocycles. The number of hydrogen-bond acceptors (Lipinski definition) is 3. The van der Waals surface area contributed by atoms with Gasteiger partial charge in [0.15, 0.2) is 0 Å². The molecule has 94 valence electrons. The summed E-state index contributed by atoms with van der Waals surface area (Å²) in [6.45, 7) is 2.22. The number of hydrogen-bond donors (Lipinski definition) is 1. The third kappa shape index (κ3) is 2.51. The zero-order chi connectivity index (χ0) is 12.4. The third-order valence-corrected chi connectivity index (χ3v) is 5.02. The van der Waals surface area contributed by atoms with E-state index in [1.807, 2.05) is 6.07 Å². The third-order valence-electron chi connectivity index (χ3n) is 3.32. The molecule has 4 heteroatoms. The Morgan fingerprint density at radius 1 is 1.33 bits per heavy atom. The Kier molecular flexibility index (Phi) is 3.77. The van der Waals surface area contributed by atoms with Crippen molar-refractivity contribution in [2.24, 2.45) is 0 Å². The summed E-state index contributed by atoms with van der Waals surface area (Å²) in [6.07, 6.45) is 2.52. The topological polar surface area (TPSA) is 24.9 Å². The van der Waals surface area contributed by atoms with Crippen molar-refractivity contribution in [2.75, 3.05) is 13.1 Å². The average molecular weight is 323 g/mol. The Morgan fingerprint density at radius 3 is 3.00 bits per heavy atom.